The molecule has 0 bridgehead atoms. The molecule has 120 valence electrons. The van der Waals surface area contributed by atoms with Crippen LogP contribution in [0.25, 0.3) is 0 Å². The highest BCUT2D eigenvalue weighted by molar-refractivity contribution is 7.99. The van der Waals surface area contributed by atoms with Gasteiger partial charge in [-0.05, 0) is 30.5 Å². The zero-order valence-corrected chi connectivity index (χ0v) is 14.2. The Morgan fingerprint density at radius 3 is 2.38 bits per heavy atom. The lowest BCUT2D eigenvalue weighted by Crippen LogP contribution is -2.30. The monoisotopic (exact) mass is 311 g/mol. The Bertz CT molecular complexity index is 383. The van der Waals surface area contributed by atoms with Crippen LogP contribution in [0.1, 0.15) is 44.4 Å². The van der Waals surface area contributed by atoms with E-state index in [1.807, 2.05) is 0 Å². The number of aryl methyl sites for hydroxylation is 1. The van der Waals surface area contributed by atoms with Crippen LogP contribution in [0, 0.1) is 0 Å². The summed E-state index contributed by atoms with van der Waals surface area (Å²) >= 11 is 1.70. The lowest BCUT2D eigenvalue weighted by atomic mass is 10.0. The average Bonchev–Trinajstić information content (AvgIpc) is 2.53. The van der Waals surface area contributed by atoms with Gasteiger partial charge in [0.15, 0.2) is 0 Å². The van der Waals surface area contributed by atoms with Gasteiger partial charge in [0, 0.05) is 17.0 Å². The van der Waals surface area contributed by atoms with Crippen molar-refractivity contribution < 1.29 is 10.2 Å². The van der Waals surface area contributed by atoms with E-state index in [4.69, 9.17) is 5.11 Å². The van der Waals surface area contributed by atoms with Crippen molar-refractivity contribution in [1.82, 2.24) is 5.32 Å². The minimum absolute atomic E-state index is 0.169. The molecule has 0 aliphatic rings. The standard InChI is InChI=1S/C17H29NO2S/c1-4-10-18-17(13(3)21-12-16(20)11-19)15-8-6-14(5-2)7-9-15/h6-9,13,16-20H,4-5,10-12H2,1-3H3. The Morgan fingerprint density at radius 1 is 1.19 bits per heavy atom. The van der Waals surface area contributed by atoms with Gasteiger partial charge in [-0.25, -0.2) is 0 Å². The van der Waals surface area contributed by atoms with Crippen LogP contribution in [0.2, 0.25) is 0 Å². The molecule has 0 amide bonds. The van der Waals surface area contributed by atoms with Crippen LogP contribution in [-0.2, 0) is 6.42 Å². The van der Waals surface area contributed by atoms with Gasteiger partial charge in [0.1, 0.15) is 0 Å². The van der Waals surface area contributed by atoms with Crippen LogP contribution in [0.5, 0.6) is 0 Å². The van der Waals surface area contributed by atoms with Gasteiger partial charge < -0.3 is 15.5 Å². The van der Waals surface area contributed by atoms with Crippen molar-refractivity contribution in [2.24, 2.45) is 0 Å². The summed E-state index contributed by atoms with van der Waals surface area (Å²) < 4.78 is 0. The molecule has 3 nitrogen and oxygen atoms in total. The molecule has 4 heteroatoms. The first-order valence-electron chi connectivity index (χ1n) is 7.85. The number of hydrogen-bond donors (Lipinski definition) is 3. The quantitative estimate of drug-likeness (QED) is 0.622. The predicted molar refractivity (Wildman–Crippen MR) is 91.9 cm³/mol. The summed E-state index contributed by atoms with van der Waals surface area (Å²) in [6.07, 6.45) is 1.52. The van der Waals surface area contributed by atoms with Crippen molar-refractivity contribution >= 4 is 11.8 Å². The molecule has 0 heterocycles. The van der Waals surface area contributed by atoms with Crippen molar-refractivity contribution in [3.8, 4) is 0 Å². The van der Waals surface area contributed by atoms with Crippen molar-refractivity contribution in [2.75, 3.05) is 18.9 Å². The lowest BCUT2D eigenvalue weighted by molar-refractivity contribution is 0.113. The molecule has 0 fully saturated rings. The molecule has 3 atom stereocenters. The fourth-order valence-electron chi connectivity index (χ4n) is 2.23. The van der Waals surface area contributed by atoms with Crippen molar-refractivity contribution in [3.05, 3.63) is 35.4 Å². The molecule has 3 unspecified atom stereocenters. The molecule has 1 aromatic rings. The number of aliphatic hydroxyl groups is 2. The minimum Gasteiger partial charge on any atom is -0.394 e. The maximum absolute atomic E-state index is 9.51. The number of rotatable bonds is 10. The first kappa shape index (κ1) is 18.5. The first-order valence-corrected chi connectivity index (χ1v) is 8.89. The zero-order valence-electron chi connectivity index (χ0n) is 13.4. The summed E-state index contributed by atoms with van der Waals surface area (Å²) in [5.74, 6) is 0.564. The summed E-state index contributed by atoms with van der Waals surface area (Å²) in [6.45, 7) is 7.32. The second-order valence-electron chi connectivity index (χ2n) is 5.40. The smallest absolute Gasteiger partial charge is 0.0861 e. The summed E-state index contributed by atoms with van der Waals surface area (Å²) in [7, 11) is 0. The highest BCUT2D eigenvalue weighted by Crippen LogP contribution is 2.27. The number of benzene rings is 1. The van der Waals surface area contributed by atoms with Crippen molar-refractivity contribution in [1.29, 1.82) is 0 Å². The largest absolute Gasteiger partial charge is 0.394 e. The molecule has 0 aliphatic heterocycles. The fourth-order valence-corrected chi connectivity index (χ4v) is 3.30. The van der Waals surface area contributed by atoms with Gasteiger partial charge in [-0.15, -0.1) is 0 Å². The van der Waals surface area contributed by atoms with Crippen molar-refractivity contribution in [3.63, 3.8) is 0 Å². The molecule has 3 N–H and O–H groups in total. The highest BCUT2D eigenvalue weighted by Gasteiger charge is 2.20. The number of aliphatic hydroxyl groups excluding tert-OH is 2. The molecular weight excluding hydrogens is 282 g/mol. The number of thioether (sulfide) groups is 1. The Morgan fingerprint density at radius 2 is 1.86 bits per heavy atom. The van der Waals surface area contributed by atoms with E-state index in [0.29, 0.717) is 11.0 Å². The number of nitrogens with one attached hydrogen (secondary N) is 1. The van der Waals surface area contributed by atoms with Crippen LogP contribution in [-0.4, -0.2) is 40.5 Å². The molecule has 1 rings (SSSR count). The number of hydrogen-bond acceptors (Lipinski definition) is 4. The van der Waals surface area contributed by atoms with E-state index in [1.165, 1.54) is 11.1 Å². The third-order valence-electron chi connectivity index (χ3n) is 3.59. The van der Waals surface area contributed by atoms with Crippen LogP contribution < -0.4 is 5.32 Å². The SMILES string of the molecule is CCCNC(c1ccc(CC)cc1)C(C)SCC(O)CO. The summed E-state index contributed by atoms with van der Waals surface area (Å²) in [6, 6.07) is 9.05. The second-order valence-corrected chi connectivity index (χ2v) is 6.81. The lowest BCUT2D eigenvalue weighted by Gasteiger charge is -2.26. The van der Waals surface area contributed by atoms with Crippen LogP contribution in [0.3, 0.4) is 0 Å². The molecule has 21 heavy (non-hydrogen) atoms. The van der Waals surface area contributed by atoms with Crippen LogP contribution in [0.15, 0.2) is 24.3 Å². The maximum Gasteiger partial charge on any atom is 0.0861 e. The summed E-state index contributed by atoms with van der Waals surface area (Å²) in [4.78, 5) is 0. The molecule has 0 aromatic heterocycles. The van der Waals surface area contributed by atoms with E-state index >= 15 is 0 Å². The first-order chi connectivity index (χ1) is 10.1. The predicted octanol–water partition coefficient (Wildman–Crippen LogP) is 2.76. The van der Waals surface area contributed by atoms with E-state index in [-0.39, 0.29) is 12.6 Å². The van der Waals surface area contributed by atoms with E-state index in [9.17, 15) is 5.11 Å². The molecule has 1 aromatic carbocycles. The molecular formula is C17H29NO2S. The zero-order chi connectivity index (χ0) is 15.7. The van der Waals surface area contributed by atoms with Gasteiger partial charge in [-0.3, -0.25) is 0 Å². The Balaban J connectivity index is 2.72. The Labute approximate surface area is 133 Å². The second kappa shape index (κ2) is 10.2. The molecule has 0 aliphatic carbocycles. The molecule has 0 radical (unpaired) electrons. The summed E-state index contributed by atoms with van der Waals surface area (Å²) in [5.41, 5.74) is 2.64. The van der Waals surface area contributed by atoms with Crippen molar-refractivity contribution in [2.45, 2.75) is 51.0 Å². The Hall–Kier alpha value is -0.550. The molecule has 0 spiro atoms. The fraction of sp³-hybridized carbons (Fsp3) is 0.647. The highest BCUT2D eigenvalue weighted by atomic mass is 32.2. The maximum atomic E-state index is 9.51. The summed E-state index contributed by atoms with van der Waals surface area (Å²) in [5, 5.41) is 22.4. The van der Waals surface area contributed by atoms with Crippen LogP contribution >= 0.6 is 11.8 Å². The third-order valence-corrected chi connectivity index (χ3v) is 4.97. The average molecular weight is 311 g/mol. The molecule has 0 saturated heterocycles. The van der Waals surface area contributed by atoms with Gasteiger partial charge in [0.25, 0.3) is 0 Å². The normalized spacial score (nSPS) is 15.7. The Kier molecular flexibility index (Phi) is 9.00. The van der Waals surface area contributed by atoms with E-state index in [0.717, 1.165) is 19.4 Å². The minimum atomic E-state index is -0.633. The van der Waals surface area contributed by atoms with Gasteiger partial charge >= 0.3 is 0 Å². The van der Waals surface area contributed by atoms with Gasteiger partial charge in [-0.2, -0.15) is 11.8 Å². The van der Waals surface area contributed by atoms with Gasteiger partial charge in [0.05, 0.1) is 12.7 Å². The van der Waals surface area contributed by atoms with E-state index in [1.54, 1.807) is 11.8 Å². The topological polar surface area (TPSA) is 52.5 Å². The van der Waals surface area contributed by atoms with E-state index < -0.39 is 6.10 Å². The molecule has 0 saturated carbocycles. The third kappa shape index (κ3) is 6.39. The van der Waals surface area contributed by atoms with Gasteiger partial charge in [-0.1, -0.05) is 45.0 Å². The van der Waals surface area contributed by atoms with Crippen LogP contribution in [0.4, 0.5) is 0 Å². The van der Waals surface area contributed by atoms with E-state index in [2.05, 4.69) is 50.4 Å². The van der Waals surface area contributed by atoms with Gasteiger partial charge in [0.2, 0.25) is 0 Å².